The standard InChI is InChI=1S/C18H22N3O9P/c1-7-3-9-10(5-12(22)16(24)13(23)6-30-31(27,28)29)14-15(17(25)21-18(26)20-14)19-11(9)4-8(7)2/h3-4,10,12-13,16,22-24H,5-6H2,1-2H3,(H,21,25,26)(H2,27,28,29)/t10?,12-,13+,16-/m0/s1. The van der Waals surface area contributed by atoms with Crippen LogP contribution in [-0.2, 0) is 13.9 Å². The summed E-state index contributed by atoms with van der Waals surface area (Å²) in [5.74, 6) is -1.55. The van der Waals surface area contributed by atoms with Gasteiger partial charge in [-0.05, 0) is 43.0 Å². The molecule has 0 spiro atoms. The van der Waals surface area contributed by atoms with Crippen LogP contribution in [0.5, 0.6) is 0 Å². The molecule has 12 nitrogen and oxygen atoms in total. The predicted molar refractivity (Wildman–Crippen MR) is 107 cm³/mol. The summed E-state index contributed by atoms with van der Waals surface area (Å²) in [5.41, 5.74) is 2.74. The minimum Gasteiger partial charge on any atom is -0.390 e. The number of urea groups is 1. The maximum Gasteiger partial charge on any atom is 0.469 e. The number of carbonyl (C=O) groups excluding carboxylic acids is 2. The van der Waals surface area contributed by atoms with Crippen LogP contribution in [-0.4, -0.2) is 73.4 Å². The minimum atomic E-state index is -4.88. The molecule has 0 fully saturated rings. The van der Waals surface area contributed by atoms with Crippen molar-refractivity contribution in [3.63, 3.8) is 0 Å². The highest BCUT2D eigenvalue weighted by atomic mass is 31.2. The number of hydrogen-bond acceptors (Lipinski definition) is 8. The number of nitrogens with zero attached hydrogens (tertiary/aromatic N) is 2. The number of aryl methyl sites for hydroxylation is 2. The Kier molecular flexibility index (Phi) is 6.53. The van der Waals surface area contributed by atoms with Gasteiger partial charge in [-0.2, -0.15) is 4.99 Å². The lowest BCUT2D eigenvalue weighted by molar-refractivity contribution is -0.113. The Hall–Kier alpha value is -2.31. The number of aliphatic hydroxyl groups excluding tert-OH is 3. The minimum absolute atomic E-state index is 0.0247. The molecule has 168 valence electrons. The average Bonchev–Trinajstić information content (AvgIpc) is 2.67. The summed E-state index contributed by atoms with van der Waals surface area (Å²) in [4.78, 5) is 49.6. The van der Waals surface area contributed by atoms with E-state index >= 15 is 0 Å². The first-order valence-electron chi connectivity index (χ1n) is 9.25. The van der Waals surface area contributed by atoms with Gasteiger partial charge in [0.1, 0.15) is 12.2 Å². The Bertz CT molecular complexity index is 1030. The number of aliphatic imine (C=N–C) groups is 2. The SMILES string of the molecule is Cc1cc2c(cc1C)C(C[C@H](O)[C@H](O)[C@H](O)COP(=O)(O)O)C1=NC(=O)NC(=O)C1=N2. The van der Waals surface area contributed by atoms with E-state index in [1.165, 1.54) is 0 Å². The van der Waals surface area contributed by atoms with Crippen molar-refractivity contribution in [1.29, 1.82) is 0 Å². The predicted octanol–water partition coefficient (Wildman–Crippen LogP) is -0.254. The second-order valence-electron chi connectivity index (χ2n) is 7.41. The molecule has 0 aliphatic carbocycles. The van der Waals surface area contributed by atoms with Gasteiger partial charge < -0.3 is 25.1 Å². The van der Waals surface area contributed by atoms with E-state index in [1.54, 1.807) is 12.1 Å². The number of fused-ring (bicyclic) bond motifs is 2. The van der Waals surface area contributed by atoms with E-state index in [0.29, 0.717) is 11.3 Å². The summed E-state index contributed by atoms with van der Waals surface area (Å²) in [7, 11) is -4.88. The number of carbonyl (C=O) groups is 2. The second kappa shape index (κ2) is 8.67. The zero-order chi connectivity index (χ0) is 23.1. The number of amides is 3. The van der Waals surface area contributed by atoms with E-state index in [2.05, 4.69) is 14.5 Å². The molecule has 13 heteroatoms. The Morgan fingerprint density at radius 1 is 1.10 bits per heavy atom. The number of imide groups is 1. The van der Waals surface area contributed by atoms with Crippen LogP contribution in [0.15, 0.2) is 22.1 Å². The number of benzene rings is 1. The molecule has 0 radical (unpaired) electrons. The maximum atomic E-state index is 12.3. The third kappa shape index (κ3) is 5.13. The molecule has 0 aromatic heterocycles. The highest BCUT2D eigenvalue weighted by Crippen LogP contribution is 2.39. The third-order valence-electron chi connectivity index (χ3n) is 5.16. The van der Waals surface area contributed by atoms with Crippen LogP contribution in [0.4, 0.5) is 10.5 Å². The lowest BCUT2D eigenvalue weighted by atomic mass is 9.80. The molecule has 1 aromatic carbocycles. The van der Waals surface area contributed by atoms with Crippen molar-refractivity contribution in [2.24, 2.45) is 9.98 Å². The van der Waals surface area contributed by atoms with E-state index in [0.717, 1.165) is 11.1 Å². The largest absolute Gasteiger partial charge is 0.469 e. The van der Waals surface area contributed by atoms with E-state index in [1.807, 2.05) is 19.2 Å². The van der Waals surface area contributed by atoms with Gasteiger partial charge in [0.05, 0.1) is 24.1 Å². The van der Waals surface area contributed by atoms with Crippen LogP contribution < -0.4 is 5.32 Å². The van der Waals surface area contributed by atoms with Crippen LogP contribution in [0.1, 0.15) is 29.0 Å². The van der Waals surface area contributed by atoms with E-state index in [-0.39, 0.29) is 17.8 Å². The monoisotopic (exact) mass is 455 g/mol. The highest BCUT2D eigenvalue weighted by molar-refractivity contribution is 7.46. The summed E-state index contributed by atoms with van der Waals surface area (Å²) in [6, 6.07) is 2.64. The van der Waals surface area contributed by atoms with Crippen molar-refractivity contribution in [2.75, 3.05) is 6.61 Å². The molecule has 1 unspecified atom stereocenters. The van der Waals surface area contributed by atoms with Gasteiger partial charge >= 0.3 is 13.9 Å². The molecule has 2 heterocycles. The highest BCUT2D eigenvalue weighted by Gasteiger charge is 2.40. The molecule has 31 heavy (non-hydrogen) atoms. The van der Waals surface area contributed by atoms with Crippen molar-refractivity contribution in [3.05, 3.63) is 28.8 Å². The van der Waals surface area contributed by atoms with E-state index < -0.39 is 50.6 Å². The van der Waals surface area contributed by atoms with Gasteiger partial charge in [0.15, 0.2) is 5.71 Å². The molecular weight excluding hydrogens is 433 g/mol. The molecule has 4 atom stereocenters. The number of phosphoric acid groups is 1. The van der Waals surface area contributed by atoms with Crippen LogP contribution in [0.2, 0.25) is 0 Å². The van der Waals surface area contributed by atoms with Gasteiger partial charge in [-0.3, -0.25) is 14.6 Å². The van der Waals surface area contributed by atoms with Crippen molar-refractivity contribution in [2.45, 2.75) is 44.5 Å². The Morgan fingerprint density at radius 2 is 1.74 bits per heavy atom. The molecule has 6 N–H and O–H groups in total. The summed E-state index contributed by atoms with van der Waals surface area (Å²) in [6.45, 7) is 2.78. The van der Waals surface area contributed by atoms with Gasteiger partial charge in [-0.1, -0.05) is 6.07 Å². The van der Waals surface area contributed by atoms with E-state index in [4.69, 9.17) is 9.79 Å². The summed E-state index contributed by atoms with van der Waals surface area (Å²) in [5, 5.41) is 32.7. The van der Waals surface area contributed by atoms with Gasteiger partial charge in [0, 0.05) is 5.92 Å². The molecule has 1 aromatic rings. The lowest BCUT2D eigenvalue weighted by Crippen LogP contribution is -2.48. The average molecular weight is 455 g/mol. The lowest BCUT2D eigenvalue weighted by Gasteiger charge is -2.31. The first kappa shape index (κ1) is 23.4. The number of hydrogen-bond donors (Lipinski definition) is 6. The molecular formula is C18H22N3O9P. The first-order chi connectivity index (χ1) is 14.4. The molecule has 0 saturated carbocycles. The van der Waals surface area contributed by atoms with Crippen LogP contribution in [0.25, 0.3) is 0 Å². The fraction of sp³-hybridized carbons (Fsp3) is 0.444. The van der Waals surface area contributed by atoms with Gasteiger partial charge in [0.25, 0.3) is 5.91 Å². The third-order valence-corrected chi connectivity index (χ3v) is 5.65. The summed E-state index contributed by atoms with van der Waals surface area (Å²) < 4.78 is 14.9. The maximum absolute atomic E-state index is 12.3. The zero-order valence-electron chi connectivity index (χ0n) is 16.6. The van der Waals surface area contributed by atoms with Crippen molar-refractivity contribution in [3.8, 4) is 0 Å². The molecule has 0 bridgehead atoms. The second-order valence-corrected chi connectivity index (χ2v) is 8.65. The number of aliphatic hydroxyl groups is 3. The quantitative estimate of drug-likeness (QED) is 0.300. The summed E-state index contributed by atoms with van der Waals surface area (Å²) in [6.07, 6.45) is -5.52. The van der Waals surface area contributed by atoms with Gasteiger partial charge in [-0.15, -0.1) is 0 Å². The number of phosphoric ester groups is 1. The van der Waals surface area contributed by atoms with Crippen LogP contribution in [0, 0.1) is 13.8 Å². The normalized spacial score (nSPS) is 21.3. The van der Waals surface area contributed by atoms with Crippen molar-refractivity contribution < 1.29 is 43.8 Å². The Morgan fingerprint density at radius 3 is 2.39 bits per heavy atom. The van der Waals surface area contributed by atoms with Gasteiger partial charge in [-0.25, -0.2) is 14.4 Å². The summed E-state index contributed by atoms with van der Waals surface area (Å²) >= 11 is 0. The van der Waals surface area contributed by atoms with Crippen LogP contribution in [0.3, 0.4) is 0 Å². The molecule has 3 amide bonds. The molecule has 3 rings (SSSR count). The fourth-order valence-corrected chi connectivity index (χ4v) is 3.78. The first-order valence-corrected chi connectivity index (χ1v) is 10.8. The zero-order valence-corrected chi connectivity index (χ0v) is 17.5. The fourth-order valence-electron chi connectivity index (χ4n) is 3.43. The Balaban J connectivity index is 1.92. The van der Waals surface area contributed by atoms with Gasteiger partial charge in [0.2, 0.25) is 0 Å². The topological polar surface area (TPSA) is 198 Å². The Labute approximate surface area is 176 Å². The number of rotatable bonds is 7. The van der Waals surface area contributed by atoms with Crippen molar-refractivity contribution in [1.82, 2.24) is 5.32 Å². The van der Waals surface area contributed by atoms with Crippen molar-refractivity contribution >= 4 is 36.9 Å². The molecule has 2 aliphatic heterocycles. The molecule has 2 aliphatic rings. The number of nitrogens with one attached hydrogen (secondary N) is 1. The smallest absolute Gasteiger partial charge is 0.390 e. The van der Waals surface area contributed by atoms with E-state index in [9.17, 15) is 29.5 Å². The van der Waals surface area contributed by atoms with Crippen LogP contribution >= 0.6 is 7.82 Å². The molecule has 0 saturated heterocycles.